The lowest BCUT2D eigenvalue weighted by atomic mass is 10.1. The molecule has 0 aromatic heterocycles. The lowest BCUT2D eigenvalue weighted by Crippen LogP contribution is -2.36. The zero-order valence-corrected chi connectivity index (χ0v) is 11.0. The molecule has 100 valence electrons. The summed E-state index contributed by atoms with van der Waals surface area (Å²) in [6.07, 6.45) is -1.86. The molecular formula is C14H15NO4. The molecule has 1 atom stereocenters. The van der Waals surface area contributed by atoms with Crippen LogP contribution in [0.4, 0.5) is 4.79 Å². The maximum atomic E-state index is 12.0. The molecule has 0 spiro atoms. The third kappa shape index (κ3) is 3.19. The highest BCUT2D eigenvalue weighted by Gasteiger charge is 2.38. The van der Waals surface area contributed by atoms with Gasteiger partial charge in [-0.25, -0.2) is 9.59 Å². The van der Waals surface area contributed by atoms with Gasteiger partial charge in [0.15, 0.2) is 0 Å². The molecule has 1 aliphatic rings. The number of carbonyl (C=O) groups excluding carboxylic acids is 2. The van der Waals surface area contributed by atoms with Crippen LogP contribution in [0.3, 0.4) is 0 Å². The van der Waals surface area contributed by atoms with Crippen LogP contribution < -0.4 is 0 Å². The second-order valence-corrected chi connectivity index (χ2v) is 5.16. The summed E-state index contributed by atoms with van der Waals surface area (Å²) < 4.78 is 10.1. The highest BCUT2D eigenvalue weighted by Crippen LogP contribution is 2.19. The summed E-state index contributed by atoms with van der Waals surface area (Å²) in [5.41, 5.74) is 0.317. The van der Waals surface area contributed by atoms with E-state index in [1.54, 1.807) is 45.0 Å². The van der Waals surface area contributed by atoms with E-state index in [0.29, 0.717) is 11.3 Å². The smallest absolute Gasteiger partial charge is 0.435 e. The molecule has 0 N–H and O–H groups in total. The summed E-state index contributed by atoms with van der Waals surface area (Å²) in [6.45, 7) is 5.25. The molecule has 1 amide bonds. The van der Waals surface area contributed by atoms with Gasteiger partial charge < -0.3 is 9.47 Å². The molecule has 2 rings (SSSR count). The Bertz CT molecular complexity index is 528. The molecule has 19 heavy (non-hydrogen) atoms. The Morgan fingerprint density at radius 3 is 2.47 bits per heavy atom. The van der Waals surface area contributed by atoms with Gasteiger partial charge in [-0.1, -0.05) is 30.3 Å². The van der Waals surface area contributed by atoms with E-state index >= 15 is 0 Å². The van der Waals surface area contributed by atoms with E-state index in [1.165, 1.54) is 0 Å². The Labute approximate surface area is 111 Å². The van der Waals surface area contributed by atoms with Crippen molar-refractivity contribution < 1.29 is 19.1 Å². The summed E-state index contributed by atoms with van der Waals surface area (Å²) >= 11 is 0. The van der Waals surface area contributed by atoms with Crippen LogP contribution in [0.2, 0.25) is 0 Å². The van der Waals surface area contributed by atoms with Crippen molar-refractivity contribution in [3.05, 3.63) is 35.9 Å². The molecule has 0 fully saturated rings. The molecule has 0 aliphatic carbocycles. The number of ether oxygens (including phenoxy) is 2. The molecule has 0 radical (unpaired) electrons. The Balaban J connectivity index is 2.25. The van der Waals surface area contributed by atoms with E-state index in [9.17, 15) is 9.59 Å². The highest BCUT2D eigenvalue weighted by molar-refractivity contribution is 6.20. The fourth-order valence-corrected chi connectivity index (χ4v) is 1.68. The van der Waals surface area contributed by atoms with E-state index in [-0.39, 0.29) is 0 Å². The van der Waals surface area contributed by atoms with Crippen LogP contribution >= 0.6 is 0 Å². The van der Waals surface area contributed by atoms with Crippen molar-refractivity contribution in [2.45, 2.75) is 32.5 Å². The van der Waals surface area contributed by atoms with Crippen LogP contribution in [-0.4, -0.2) is 29.5 Å². The van der Waals surface area contributed by atoms with Gasteiger partial charge in [0.1, 0.15) is 11.3 Å². The van der Waals surface area contributed by atoms with Gasteiger partial charge in [-0.2, -0.15) is 4.99 Å². The minimum absolute atomic E-state index is 0.292. The van der Waals surface area contributed by atoms with Crippen LogP contribution in [0.5, 0.6) is 0 Å². The molecule has 5 nitrogen and oxygen atoms in total. The fraction of sp³-hybridized carbons (Fsp3) is 0.357. The van der Waals surface area contributed by atoms with E-state index < -0.39 is 23.8 Å². The first-order valence-electron chi connectivity index (χ1n) is 5.94. The zero-order valence-electron chi connectivity index (χ0n) is 11.0. The SMILES string of the molecule is CC(C)(C)OC(=O)C1OC(=O)N=C1c1ccccc1. The van der Waals surface area contributed by atoms with Crippen LogP contribution in [0, 0.1) is 0 Å². The molecule has 1 aromatic carbocycles. The van der Waals surface area contributed by atoms with Gasteiger partial charge in [0.2, 0.25) is 6.10 Å². The van der Waals surface area contributed by atoms with E-state index in [1.807, 2.05) is 6.07 Å². The van der Waals surface area contributed by atoms with Gasteiger partial charge in [-0.15, -0.1) is 0 Å². The first kappa shape index (κ1) is 13.3. The lowest BCUT2D eigenvalue weighted by Gasteiger charge is -2.22. The van der Waals surface area contributed by atoms with Crippen molar-refractivity contribution in [3.8, 4) is 0 Å². The lowest BCUT2D eigenvalue weighted by molar-refractivity contribution is -0.160. The highest BCUT2D eigenvalue weighted by atomic mass is 16.6. The summed E-state index contributed by atoms with van der Waals surface area (Å²) in [7, 11) is 0. The number of carbonyl (C=O) groups is 2. The Kier molecular flexibility index (Phi) is 3.38. The van der Waals surface area contributed by atoms with E-state index in [2.05, 4.69) is 4.99 Å². The van der Waals surface area contributed by atoms with Crippen molar-refractivity contribution in [1.29, 1.82) is 0 Å². The quantitative estimate of drug-likeness (QED) is 0.766. The second-order valence-electron chi connectivity index (χ2n) is 5.16. The number of benzene rings is 1. The second kappa shape index (κ2) is 4.84. The predicted octanol–water partition coefficient (Wildman–Crippen LogP) is 2.34. The zero-order chi connectivity index (χ0) is 14.0. The monoisotopic (exact) mass is 261 g/mol. The molecule has 1 heterocycles. The van der Waals surface area contributed by atoms with Gasteiger partial charge >= 0.3 is 12.1 Å². The first-order valence-corrected chi connectivity index (χ1v) is 5.94. The minimum atomic E-state index is -1.09. The Morgan fingerprint density at radius 2 is 1.89 bits per heavy atom. The van der Waals surface area contributed by atoms with Crippen molar-refractivity contribution in [2.24, 2.45) is 4.99 Å². The molecule has 0 bridgehead atoms. The van der Waals surface area contributed by atoms with E-state index in [0.717, 1.165) is 0 Å². The minimum Gasteiger partial charge on any atom is -0.457 e. The normalized spacial score (nSPS) is 18.8. The molecule has 5 heteroatoms. The van der Waals surface area contributed by atoms with Gasteiger partial charge in [-0.3, -0.25) is 0 Å². The predicted molar refractivity (Wildman–Crippen MR) is 69.1 cm³/mol. The van der Waals surface area contributed by atoms with E-state index in [4.69, 9.17) is 9.47 Å². The summed E-state index contributed by atoms with van der Waals surface area (Å²) in [5, 5.41) is 0. The maximum absolute atomic E-state index is 12.0. The topological polar surface area (TPSA) is 65.0 Å². The number of nitrogens with zero attached hydrogens (tertiary/aromatic N) is 1. The summed E-state index contributed by atoms with van der Waals surface area (Å²) in [4.78, 5) is 27.0. The molecule has 1 unspecified atom stereocenters. The average molecular weight is 261 g/mol. The number of hydrogen-bond donors (Lipinski definition) is 0. The van der Waals surface area contributed by atoms with Crippen LogP contribution in [-0.2, 0) is 14.3 Å². The molecule has 0 saturated carbocycles. The number of esters is 1. The molecule has 1 aromatic rings. The number of hydrogen-bond acceptors (Lipinski definition) is 4. The van der Waals surface area contributed by atoms with Gasteiger partial charge in [0.05, 0.1) is 0 Å². The molecule has 1 aliphatic heterocycles. The van der Waals surface area contributed by atoms with Crippen LogP contribution in [0.25, 0.3) is 0 Å². The van der Waals surface area contributed by atoms with Gasteiger partial charge in [0.25, 0.3) is 0 Å². The Morgan fingerprint density at radius 1 is 1.26 bits per heavy atom. The molecule has 0 saturated heterocycles. The van der Waals surface area contributed by atoms with Crippen LogP contribution in [0.15, 0.2) is 35.3 Å². The standard InChI is InChI=1S/C14H15NO4/c1-14(2,3)19-12(16)11-10(15-13(17)18-11)9-7-5-4-6-8-9/h4-8,11H,1-3H3. The number of rotatable bonds is 2. The Hall–Kier alpha value is -2.17. The van der Waals surface area contributed by atoms with Gasteiger partial charge in [0, 0.05) is 5.56 Å². The molecular weight excluding hydrogens is 246 g/mol. The third-order valence-corrected chi connectivity index (χ3v) is 2.37. The fourth-order valence-electron chi connectivity index (χ4n) is 1.68. The first-order chi connectivity index (χ1) is 8.87. The van der Waals surface area contributed by atoms with Crippen molar-refractivity contribution in [2.75, 3.05) is 0 Å². The number of cyclic esters (lactones) is 1. The van der Waals surface area contributed by atoms with Crippen LogP contribution in [0.1, 0.15) is 26.3 Å². The van der Waals surface area contributed by atoms with Crippen molar-refractivity contribution in [3.63, 3.8) is 0 Å². The van der Waals surface area contributed by atoms with Crippen molar-refractivity contribution >= 4 is 17.8 Å². The third-order valence-electron chi connectivity index (χ3n) is 2.37. The van der Waals surface area contributed by atoms with Gasteiger partial charge in [-0.05, 0) is 20.8 Å². The maximum Gasteiger partial charge on any atom is 0.435 e. The number of amides is 1. The summed E-state index contributed by atoms with van der Waals surface area (Å²) in [6, 6.07) is 8.96. The summed E-state index contributed by atoms with van der Waals surface area (Å²) in [5.74, 6) is -0.610. The average Bonchev–Trinajstić information content (AvgIpc) is 2.70. The number of aliphatic imine (C=N–C) groups is 1. The van der Waals surface area contributed by atoms with Crippen molar-refractivity contribution in [1.82, 2.24) is 0 Å². The largest absolute Gasteiger partial charge is 0.457 e.